The Balaban J connectivity index is 1.02. The van der Waals surface area contributed by atoms with Crippen LogP contribution in [0.4, 0.5) is 5.69 Å². The molecule has 14 nitrogen and oxygen atoms in total. The summed E-state index contributed by atoms with van der Waals surface area (Å²) < 4.78 is 7.50. The van der Waals surface area contributed by atoms with Crippen LogP contribution in [0.1, 0.15) is 47.3 Å². The Bertz CT molecular complexity index is 2170. The SMILES string of the molecule is COc1cc(-c2nccc(-c3cccc(NC(=O)c4nc5c(n4C)CCN(C(=O)CN4CCN(C(C)=O)CC4)C5)c3Cl)c2Cl)ccc1CNCC1CCC(=O)N1. The Labute approximate surface area is 335 Å². The lowest BCUT2D eigenvalue weighted by atomic mass is 10.0. The van der Waals surface area contributed by atoms with Crippen LogP contribution in [0, 0.1) is 0 Å². The average molecular weight is 803 g/mol. The van der Waals surface area contributed by atoms with E-state index in [-0.39, 0.29) is 36.1 Å². The number of carbonyl (C=O) groups is 4. The average Bonchev–Trinajstić information content (AvgIpc) is 3.77. The summed E-state index contributed by atoms with van der Waals surface area (Å²) in [5.41, 5.74) is 5.49. The second-order valence-electron chi connectivity index (χ2n) is 14.3. The van der Waals surface area contributed by atoms with E-state index in [1.165, 1.54) is 0 Å². The van der Waals surface area contributed by atoms with Crippen molar-refractivity contribution in [3.8, 4) is 28.1 Å². The number of pyridine rings is 1. The van der Waals surface area contributed by atoms with E-state index in [1.54, 1.807) is 59.8 Å². The molecule has 1 atom stereocenters. The first-order chi connectivity index (χ1) is 27.0. The number of hydrogen-bond acceptors (Lipinski definition) is 9. The monoisotopic (exact) mass is 801 g/mol. The quantitative estimate of drug-likeness (QED) is 0.203. The summed E-state index contributed by atoms with van der Waals surface area (Å²) in [6.07, 6.45) is 3.62. The fourth-order valence-electron chi connectivity index (χ4n) is 7.57. The number of imidazole rings is 1. The van der Waals surface area contributed by atoms with Crippen molar-refractivity contribution in [3.63, 3.8) is 0 Å². The number of ether oxygens (including phenoxy) is 1. The van der Waals surface area contributed by atoms with Crippen LogP contribution < -0.4 is 20.7 Å². The van der Waals surface area contributed by atoms with Crippen LogP contribution in [0.25, 0.3) is 22.4 Å². The number of piperazine rings is 1. The number of aromatic nitrogens is 3. The van der Waals surface area contributed by atoms with Gasteiger partial charge >= 0.3 is 0 Å². The molecule has 3 N–H and O–H groups in total. The van der Waals surface area contributed by atoms with Gasteiger partial charge in [-0.15, -0.1) is 0 Å². The summed E-state index contributed by atoms with van der Waals surface area (Å²) in [6.45, 7) is 6.46. The molecule has 56 heavy (non-hydrogen) atoms. The number of hydrogen-bond donors (Lipinski definition) is 3. The standard InChI is InChI=1S/C40H45Cl2N9O5/c1-24(52)50-17-15-49(16-18-50)23-35(54)51-14-12-32-31(22-51)46-39(48(32)2)40(55)47-30-6-4-5-28(36(30)41)29-11-13-44-38(37(29)42)25-7-8-26(33(19-25)56-3)20-43-21-27-9-10-34(53)45-27/h4-8,11,13,19,27,43H,9-10,12,14-18,20-23H2,1-3H3,(H,45,53)(H,47,55). The molecule has 0 bridgehead atoms. The molecule has 2 saturated heterocycles. The van der Waals surface area contributed by atoms with E-state index in [9.17, 15) is 19.2 Å². The molecule has 0 saturated carbocycles. The van der Waals surface area contributed by atoms with Crippen molar-refractivity contribution in [1.82, 2.24) is 39.9 Å². The smallest absolute Gasteiger partial charge is 0.291 e. The highest BCUT2D eigenvalue weighted by atomic mass is 35.5. The minimum atomic E-state index is -0.432. The van der Waals surface area contributed by atoms with Crippen LogP contribution in [0.3, 0.4) is 0 Å². The van der Waals surface area contributed by atoms with Gasteiger partial charge in [0, 0.05) is 113 Å². The maximum atomic E-state index is 13.7. The van der Waals surface area contributed by atoms with Gasteiger partial charge in [0.1, 0.15) is 5.75 Å². The molecule has 1 unspecified atom stereocenters. The third-order valence-corrected chi connectivity index (χ3v) is 11.6. The van der Waals surface area contributed by atoms with Crippen molar-refractivity contribution in [2.75, 3.05) is 58.2 Å². The van der Waals surface area contributed by atoms with Crippen LogP contribution >= 0.6 is 23.2 Å². The molecule has 0 spiro atoms. The summed E-state index contributed by atoms with van der Waals surface area (Å²) in [6, 6.07) is 13.0. The van der Waals surface area contributed by atoms with Gasteiger partial charge in [0.05, 0.1) is 47.3 Å². The highest BCUT2D eigenvalue weighted by Gasteiger charge is 2.30. The maximum Gasteiger partial charge on any atom is 0.291 e. The summed E-state index contributed by atoms with van der Waals surface area (Å²) in [4.78, 5) is 65.1. The van der Waals surface area contributed by atoms with Crippen molar-refractivity contribution < 1.29 is 23.9 Å². The molecule has 3 aliphatic heterocycles. The van der Waals surface area contributed by atoms with Crippen LogP contribution in [0.2, 0.25) is 10.0 Å². The fourth-order valence-corrected chi connectivity index (χ4v) is 8.17. The van der Waals surface area contributed by atoms with Crippen LogP contribution in [-0.2, 0) is 40.9 Å². The number of halogens is 2. The lowest BCUT2D eigenvalue weighted by molar-refractivity contribution is -0.135. The van der Waals surface area contributed by atoms with E-state index in [4.69, 9.17) is 27.9 Å². The predicted molar refractivity (Wildman–Crippen MR) is 214 cm³/mol. The molecule has 5 heterocycles. The van der Waals surface area contributed by atoms with Gasteiger partial charge in [0.15, 0.2) is 5.82 Å². The molecule has 3 aliphatic rings. The normalized spacial score (nSPS) is 17.1. The van der Waals surface area contributed by atoms with E-state index >= 15 is 0 Å². The van der Waals surface area contributed by atoms with Crippen LogP contribution in [-0.4, -0.2) is 112 Å². The number of rotatable bonds is 11. The third kappa shape index (κ3) is 8.38. The molecule has 7 rings (SSSR count). The highest BCUT2D eigenvalue weighted by molar-refractivity contribution is 6.39. The van der Waals surface area contributed by atoms with Gasteiger partial charge in [0.2, 0.25) is 17.7 Å². The summed E-state index contributed by atoms with van der Waals surface area (Å²) >= 11 is 14.0. The largest absolute Gasteiger partial charge is 0.496 e. The van der Waals surface area contributed by atoms with Crippen molar-refractivity contribution in [2.45, 2.75) is 45.3 Å². The summed E-state index contributed by atoms with van der Waals surface area (Å²) in [5, 5.41) is 10.00. The minimum absolute atomic E-state index is 0.00163. The van der Waals surface area contributed by atoms with E-state index in [2.05, 4.69) is 30.8 Å². The van der Waals surface area contributed by atoms with E-state index in [0.717, 1.165) is 23.2 Å². The number of nitrogens with zero attached hydrogens (tertiary/aromatic N) is 6. The first-order valence-corrected chi connectivity index (χ1v) is 19.5. The van der Waals surface area contributed by atoms with Gasteiger partial charge in [-0.2, -0.15) is 0 Å². The zero-order valence-corrected chi connectivity index (χ0v) is 33.2. The first-order valence-electron chi connectivity index (χ1n) is 18.7. The molecule has 2 aromatic carbocycles. The van der Waals surface area contributed by atoms with E-state index in [1.807, 2.05) is 24.3 Å². The Morgan fingerprint density at radius 2 is 1.77 bits per heavy atom. The number of carbonyl (C=O) groups excluding carboxylic acids is 4. The summed E-state index contributed by atoms with van der Waals surface area (Å²) in [7, 11) is 3.42. The number of nitrogens with one attached hydrogen (secondary N) is 3. The number of benzene rings is 2. The molecule has 16 heteroatoms. The molecule has 294 valence electrons. The molecular weight excluding hydrogens is 757 g/mol. The number of methoxy groups -OCH3 is 1. The number of anilines is 1. The molecule has 0 aliphatic carbocycles. The zero-order chi connectivity index (χ0) is 39.5. The molecule has 2 aromatic heterocycles. The van der Waals surface area contributed by atoms with Crippen molar-refractivity contribution in [1.29, 1.82) is 0 Å². The van der Waals surface area contributed by atoms with E-state index in [0.29, 0.717) is 109 Å². The molecule has 2 fully saturated rings. The fraction of sp³-hybridized carbons (Fsp3) is 0.400. The molecule has 4 aromatic rings. The molecule has 0 radical (unpaired) electrons. The van der Waals surface area contributed by atoms with Crippen molar-refractivity contribution in [3.05, 3.63) is 81.5 Å². The van der Waals surface area contributed by atoms with Gasteiger partial charge in [-0.1, -0.05) is 47.5 Å². The van der Waals surface area contributed by atoms with Crippen molar-refractivity contribution >= 4 is 52.5 Å². The second-order valence-corrected chi connectivity index (χ2v) is 15.1. The predicted octanol–water partition coefficient (Wildman–Crippen LogP) is 4.13. The lowest BCUT2D eigenvalue weighted by Gasteiger charge is -2.35. The topological polar surface area (TPSA) is 154 Å². The van der Waals surface area contributed by atoms with Gasteiger partial charge in [-0.25, -0.2) is 4.98 Å². The summed E-state index contributed by atoms with van der Waals surface area (Å²) in [5.74, 6) is 0.598. The van der Waals surface area contributed by atoms with E-state index < -0.39 is 5.91 Å². The molecule has 4 amide bonds. The van der Waals surface area contributed by atoms with Crippen LogP contribution in [0.15, 0.2) is 48.7 Å². The highest BCUT2D eigenvalue weighted by Crippen LogP contribution is 2.41. The van der Waals surface area contributed by atoms with Gasteiger partial charge in [-0.3, -0.25) is 29.1 Å². The maximum absolute atomic E-state index is 13.7. The lowest BCUT2D eigenvalue weighted by Crippen LogP contribution is -2.51. The van der Waals surface area contributed by atoms with Gasteiger partial charge in [0.25, 0.3) is 5.91 Å². The first kappa shape index (κ1) is 39.2. The minimum Gasteiger partial charge on any atom is -0.496 e. The Hall–Kier alpha value is -5.02. The molecular formula is C40H45Cl2N9O5. The number of fused-ring (bicyclic) bond motifs is 1. The number of amides is 4. The van der Waals surface area contributed by atoms with Gasteiger partial charge in [-0.05, 0) is 24.6 Å². The Morgan fingerprint density at radius 3 is 2.50 bits per heavy atom. The third-order valence-electron chi connectivity index (χ3n) is 10.8. The Kier molecular flexibility index (Phi) is 11.9. The zero-order valence-electron chi connectivity index (χ0n) is 31.7. The van der Waals surface area contributed by atoms with Crippen LogP contribution in [0.5, 0.6) is 5.75 Å². The van der Waals surface area contributed by atoms with Gasteiger partial charge < -0.3 is 35.1 Å². The Morgan fingerprint density at radius 1 is 0.982 bits per heavy atom. The van der Waals surface area contributed by atoms with Crippen molar-refractivity contribution in [2.24, 2.45) is 7.05 Å². The second kappa shape index (κ2) is 17.0.